The number of hydrogen-bond donors (Lipinski definition) is 3. The number of carbonyl (C=O) groups is 1. The number of halogens is 1. The number of imidazole rings is 1. The van der Waals surface area contributed by atoms with Crippen LogP contribution in [0.15, 0.2) is 48.8 Å². The molecule has 2 aromatic heterocycles. The first kappa shape index (κ1) is 31.0. The molecule has 43 heavy (non-hydrogen) atoms. The molecule has 4 N–H and O–H groups in total. The third kappa shape index (κ3) is 6.73. The largest absolute Gasteiger partial charge is 0.462 e. The second kappa shape index (κ2) is 12.3. The highest BCUT2D eigenvalue weighted by molar-refractivity contribution is 8.09. The highest BCUT2D eigenvalue weighted by atomic mass is 32.5. The fourth-order valence-corrected chi connectivity index (χ4v) is 7.39. The lowest BCUT2D eigenvalue weighted by Crippen LogP contribution is -2.37. The number of fused-ring (bicyclic) bond motifs is 2. The van der Waals surface area contributed by atoms with Gasteiger partial charge in [-0.2, -0.15) is 9.97 Å². The van der Waals surface area contributed by atoms with Crippen molar-refractivity contribution in [2.75, 3.05) is 24.7 Å². The van der Waals surface area contributed by atoms with Gasteiger partial charge < -0.3 is 29.6 Å². The molecular formula is C28H35FN7O5PS. The van der Waals surface area contributed by atoms with Gasteiger partial charge in [0.25, 0.3) is 0 Å². The second-order valence-electron chi connectivity index (χ2n) is 10.8. The SMILES string of the molecule is CNc1nc(N)nc2c1ncn2[C@@H]1O[C@](F)(CO[P@](=S)(N[C@@H](C)C(=O)OC(C)C)Oc2cccc3ccccc23)C[C@@H]1C. The Morgan fingerprint density at radius 2 is 2.00 bits per heavy atom. The van der Waals surface area contributed by atoms with E-state index in [1.165, 1.54) is 6.33 Å². The number of nitrogen functional groups attached to an aromatic ring is 1. The monoisotopic (exact) mass is 631 g/mol. The summed E-state index contributed by atoms with van der Waals surface area (Å²) in [6, 6.07) is 12.2. The van der Waals surface area contributed by atoms with Crippen LogP contribution in [0.3, 0.4) is 0 Å². The zero-order valence-electron chi connectivity index (χ0n) is 24.5. The van der Waals surface area contributed by atoms with Crippen LogP contribution in [0.2, 0.25) is 0 Å². The van der Waals surface area contributed by atoms with Crippen LogP contribution in [-0.2, 0) is 30.6 Å². The van der Waals surface area contributed by atoms with Crippen molar-refractivity contribution >= 4 is 58.1 Å². The molecule has 0 unspecified atom stereocenters. The zero-order valence-corrected chi connectivity index (χ0v) is 26.2. The molecule has 1 fully saturated rings. The van der Waals surface area contributed by atoms with E-state index in [0.717, 1.165) is 10.8 Å². The molecule has 5 atom stereocenters. The Kier molecular flexibility index (Phi) is 8.87. The summed E-state index contributed by atoms with van der Waals surface area (Å²) in [5.41, 5.74) is 6.78. The van der Waals surface area contributed by atoms with Gasteiger partial charge in [0.2, 0.25) is 11.8 Å². The number of nitrogens with two attached hydrogens (primary N) is 1. The normalized spacial score (nSPS) is 22.5. The van der Waals surface area contributed by atoms with E-state index >= 15 is 4.39 Å². The number of alkyl halides is 1. The molecule has 0 spiro atoms. The van der Waals surface area contributed by atoms with Crippen LogP contribution >= 0.6 is 6.64 Å². The van der Waals surface area contributed by atoms with Gasteiger partial charge in [-0.25, -0.2) is 14.5 Å². The molecule has 5 rings (SSSR count). The minimum absolute atomic E-state index is 0.00859. The number of rotatable bonds is 11. The minimum Gasteiger partial charge on any atom is -0.462 e. The van der Waals surface area contributed by atoms with E-state index < -0.39 is 37.3 Å². The van der Waals surface area contributed by atoms with E-state index in [2.05, 4.69) is 25.4 Å². The maximum Gasteiger partial charge on any atom is 0.323 e. The summed E-state index contributed by atoms with van der Waals surface area (Å²) in [5, 5.41) is 7.63. The van der Waals surface area contributed by atoms with Crippen molar-refractivity contribution in [3.63, 3.8) is 0 Å². The Hall–Kier alpha value is -3.42. The van der Waals surface area contributed by atoms with Gasteiger partial charge in [0.1, 0.15) is 24.6 Å². The first-order valence-electron chi connectivity index (χ1n) is 13.8. The van der Waals surface area contributed by atoms with Gasteiger partial charge in [0.15, 0.2) is 17.0 Å². The van der Waals surface area contributed by atoms with Gasteiger partial charge >= 0.3 is 12.6 Å². The Labute approximate surface area is 253 Å². The molecule has 1 saturated heterocycles. The Morgan fingerprint density at radius 1 is 1.26 bits per heavy atom. The van der Waals surface area contributed by atoms with Gasteiger partial charge in [-0.3, -0.25) is 9.36 Å². The highest BCUT2D eigenvalue weighted by Crippen LogP contribution is 2.50. The van der Waals surface area contributed by atoms with E-state index in [-0.39, 0.29) is 24.4 Å². The summed E-state index contributed by atoms with van der Waals surface area (Å²) in [7, 11) is 1.70. The van der Waals surface area contributed by atoms with Gasteiger partial charge in [0, 0.05) is 24.8 Å². The van der Waals surface area contributed by atoms with Crippen LogP contribution in [0, 0.1) is 5.92 Å². The molecule has 3 heterocycles. The number of nitrogens with zero attached hydrogens (tertiary/aromatic N) is 4. The van der Waals surface area contributed by atoms with Crippen LogP contribution in [0.25, 0.3) is 21.9 Å². The number of nitrogens with one attached hydrogen (secondary N) is 2. The van der Waals surface area contributed by atoms with E-state index in [1.807, 2.05) is 43.3 Å². The van der Waals surface area contributed by atoms with Crippen molar-refractivity contribution in [3.8, 4) is 5.75 Å². The molecule has 1 aliphatic heterocycles. The standard InChI is InChI=1S/C28H35FN7O5PS/c1-16(2)39-26(37)18(4)35-42(43,41-21-12-8-10-19-9-6-7-11-20(19)21)38-14-28(29)13-17(3)25(40-28)36-15-32-22-23(31-5)33-27(30)34-24(22)36/h6-12,15-18,25H,13-14H2,1-5H3,(H,35,43)(H3,30,31,33,34)/t17-,18-,25+,28-,42+/m0/s1. The maximum atomic E-state index is 16.4. The number of esters is 1. The third-order valence-corrected chi connectivity index (χ3v) is 9.34. The Balaban J connectivity index is 1.39. The van der Waals surface area contributed by atoms with Crippen LogP contribution in [0.4, 0.5) is 16.2 Å². The first-order valence-corrected chi connectivity index (χ1v) is 16.5. The Bertz CT molecular complexity index is 1680. The number of anilines is 2. The lowest BCUT2D eigenvalue weighted by atomic mass is 10.1. The van der Waals surface area contributed by atoms with E-state index in [0.29, 0.717) is 22.7 Å². The molecule has 0 aliphatic carbocycles. The number of ether oxygens (including phenoxy) is 2. The lowest BCUT2D eigenvalue weighted by molar-refractivity contribution is -0.172. The number of hydrogen-bond acceptors (Lipinski definition) is 11. The summed E-state index contributed by atoms with van der Waals surface area (Å²) in [5.74, 6) is -2.15. The van der Waals surface area contributed by atoms with Gasteiger partial charge in [0.05, 0.1) is 12.4 Å². The summed E-state index contributed by atoms with van der Waals surface area (Å²) in [6.07, 6.45) is 0.413. The topological polar surface area (TPSA) is 148 Å². The average molecular weight is 632 g/mol. The van der Waals surface area contributed by atoms with Crippen LogP contribution in [-0.4, -0.2) is 57.1 Å². The summed E-state index contributed by atoms with van der Waals surface area (Å²) in [4.78, 5) is 25.5. The molecule has 0 saturated carbocycles. The fourth-order valence-electron chi connectivity index (χ4n) is 4.98. The van der Waals surface area contributed by atoms with Crippen LogP contribution < -0.4 is 20.7 Å². The van der Waals surface area contributed by atoms with E-state index in [4.69, 9.17) is 36.1 Å². The molecule has 230 valence electrons. The van der Waals surface area contributed by atoms with Gasteiger partial charge in [-0.15, -0.1) is 0 Å². The van der Waals surface area contributed by atoms with Gasteiger partial charge in [-0.05, 0) is 44.0 Å². The lowest BCUT2D eigenvalue weighted by Gasteiger charge is -2.29. The quantitative estimate of drug-likeness (QED) is 0.150. The summed E-state index contributed by atoms with van der Waals surface area (Å²) in [6.45, 7) is 2.83. The smallest absolute Gasteiger partial charge is 0.323 e. The van der Waals surface area contributed by atoms with Crippen molar-refractivity contribution in [2.45, 2.75) is 58.3 Å². The molecular weight excluding hydrogens is 596 g/mol. The molecule has 12 nitrogen and oxygen atoms in total. The van der Waals surface area contributed by atoms with Gasteiger partial charge in [-0.1, -0.05) is 43.3 Å². The molecule has 1 aliphatic rings. The van der Waals surface area contributed by atoms with E-state index in [1.54, 1.807) is 38.5 Å². The van der Waals surface area contributed by atoms with Crippen molar-refractivity contribution in [2.24, 2.45) is 5.92 Å². The predicted molar refractivity (Wildman–Crippen MR) is 166 cm³/mol. The van der Waals surface area contributed by atoms with Crippen LogP contribution in [0.5, 0.6) is 5.75 Å². The number of benzene rings is 2. The molecule has 4 aromatic rings. The number of carbonyl (C=O) groups excluding carboxylic acids is 1. The molecule has 0 radical (unpaired) electrons. The molecule has 0 bridgehead atoms. The summed E-state index contributed by atoms with van der Waals surface area (Å²) < 4.78 is 41.6. The minimum atomic E-state index is -3.55. The van der Waals surface area contributed by atoms with Crippen LogP contribution in [0.1, 0.15) is 40.3 Å². The Morgan fingerprint density at radius 3 is 2.74 bits per heavy atom. The second-order valence-corrected chi connectivity index (χ2v) is 13.9. The predicted octanol–water partition coefficient (Wildman–Crippen LogP) is 5.07. The first-order chi connectivity index (χ1) is 20.4. The third-order valence-electron chi connectivity index (χ3n) is 6.87. The number of aromatic nitrogens is 4. The van der Waals surface area contributed by atoms with E-state index in [9.17, 15) is 4.79 Å². The molecule has 0 amide bonds. The maximum absolute atomic E-state index is 16.4. The van der Waals surface area contributed by atoms with Crippen molar-refractivity contribution in [1.29, 1.82) is 0 Å². The fraction of sp³-hybridized carbons (Fsp3) is 0.429. The zero-order chi connectivity index (χ0) is 30.9. The summed E-state index contributed by atoms with van der Waals surface area (Å²) >= 11 is 5.86. The van der Waals surface area contributed by atoms with Crippen molar-refractivity contribution in [1.82, 2.24) is 24.6 Å². The average Bonchev–Trinajstić information content (AvgIpc) is 3.51. The highest BCUT2D eigenvalue weighted by Gasteiger charge is 2.48. The van der Waals surface area contributed by atoms with Crippen molar-refractivity contribution < 1.29 is 27.7 Å². The van der Waals surface area contributed by atoms with Crippen molar-refractivity contribution in [3.05, 3.63) is 48.8 Å². The molecule has 2 aromatic carbocycles. The molecule has 15 heteroatoms.